The van der Waals surface area contributed by atoms with Crippen molar-refractivity contribution in [2.24, 2.45) is 23.2 Å². The van der Waals surface area contributed by atoms with E-state index in [1.54, 1.807) is 12.4 Å². The van der Waals surface area contributed by atoms with E-state index in [2.05, 4.69) is 15.7 Å². The van der Waals surface area contributed by atoms with Crippen molar-refractivity contribution < 1.29 is 9.59 Å². The highest BCUT2D eigenvalue weighted by Gasteiger charge is 2.50. The summed E-state index contributed by atoms with van der Waals surface area (Å²) >= 11 is 0. The highest BCUT2D eigenvalue weighted by Crippen LogP contribution is 2.61. The Morgan fingerprint density at radius 2 is 1.72 bits per heavy atom. The Morgan fingerprint density at radius 3 is 2.31 bits per heavy atom. The van der Waals surface area contributed by atoms with E-state index in [0.29, 0.717) is 18.5 Å². The van der Waals surface area contributed by atoms with E-state index in [0.717, 1.165) is 37.0 Å². The Morgan fingerprint density at radius 1 is 1.10 bits per heavy atom. The Kier molecular flexibility index (Phi) is 6.07. The van der Waals surface area contributed by atoms with Gasteiger partial charge in [-0.05, 0) is 98.7 Å². The van der Waals surface area contributed by atoms with Crippen LogP contribution in [-0.2, 0) is 11.2 Å². The topological polar surface area (TPSA) is 74.3 Å². The molecular weight excluding hydrogens is 364 g/mol. The maximum atomic E-state index is 12.7. The van der Waals surface area contributed by atoms with Crippen LogP contribution in [0, 0.1) is 23.2 Å². The summed E-state index contributed by atoms with van der Waals surface area (Å²) < 4.78 is 0. The number of aromatic nitrogens is 1. The van der Waals surface area contributed by atoms with E-state index in [9.17, 15) is 9.59 Å². The molecule has 0 saturated heterocycles. The molecule has 6 heteroatoms. The molecule has 1 aromatic rings. The Labute approximate surface area is 173 Å². The summed E-state index contributed by atoms with van der Waals surface area (Å²) in [7, 11) is 0. The second kappa shape index (κ2) is 8.72. The molecule has 4 fully saturated rings. The van der Waals surface area contributed by atoms with E-state index in [4.69, 9.17) is 0 Å². The summed E-state index contributed by atoms with van der Waals surface area (Å²) in [5.41, 5.74) is 4.36. The third-order valence-corrected chi connectivity index (χ3v) is 7.24. The molecule has 158 valence electrons. The Balaban J connectivity index is 1.27. The van der Waals surface area contributed by atoms with E-state index >= 15 is 0 Å². The summed E-state index contributed by atoms with van der Waals surface area (Å²) in [5, 5.41) is 4.48. The second-order valence-corrected chi connectivity index (χ2v) is 9.68. The molecule has 3 amide bonds. The number of carbonyl (C=O) groups is 2. The molecule has 1 heterocycles. The van der Waals surface area contributed by atoms with Crippen LogP contribution in [0.3, 0.4) is 0 Å². The van der Waals surface area contributed by atoms with Gasteiger partial charge in [0.1, 0.15) is 0 Å². The number of nitrogens with one attached hydrogen (secondary N) is 2. The molecule has 29 heavy (non-hydrogen) atoms. The van der Waals surface area contributed by atoms with E-state index in [1.165, 1.54) is 56.0 Å². The molecular formula is C23H34N4O2. The van der Waals surface area contributed by atoms with Crippen molar-refractivity contribution in [3.05, 3.63) is 30.1 Å². The maximum absolute atomic E-state index is 12.7. The third-order valence-electron chi connectivity index (χ3n) is 7.24. The molecule has 1 aromatic heterocycles. The predicted octanol–water partition coefficient (Wildman–Crippen LogP) is 3.68. The molecule has 6 nitrogen and oxygen atoms in total. The summed E-state index contributed by atoms with van der Waals surface area (Å²) in [6, 6.07) is 3.80. The SMILES string of the molecule is CC(=O)NN(CCC12CC3CC(CC(C3)C1)C2)C(=O)NCCCc1ccncc1. The van der Waals surface area contributed by atoms with Gasteiger partial charge in [-0.2, -0.15) is 0 Å². The van der Waals surface area contributed by atoms with Gasteiger partial charge in [-0.15, -0.1) is 0 Å². The van der Waals surface area contributed by atoms with Crippen LogP contribution in [0.4, 0.5) is 4.79 Å². The monoisotopic (exact) mass is 398 g/mol. The molecule has 0 aliphatic heterocycles. The number of hydrazine groups is 1. The van der Waals surface area contributed by atoms with Crippen LogP contribution in [0.5, 0.6) is 0 Å². The molecule has 0 unspecified atom stereocenters. The van der Waals surface area contributed by atoms with Gasteiger partial charge in [0.2, 0.25) is 5.91 Å². The lowest BCUT2D eigenvalue weighted by atomic mass is 9.49. The van der Waals surface area contributed by atoms with Crippen molar-refractivity contribution in [3.63, 3.8) is 0 Å². The number of pyridine rings is 1. The molecule has 0 spiro atoms. The summed E-state index contributed by atoms with van der Waals surface area (Å²) in [5.74, 6) is 2.51. The van der Waals surface area contributed by atoms with Crippen LogP contribution < -0.4 is 10.7 Å². The van der Waals surface area contributed by atoms with Gasteiger partial charge < -0.3 is 5.32 Å². The number of carbonyl (C=O) groups excluding carboxylic acids is 2. The Bertz CT molecular complexity index is 686. The van der Waals surface area contributed by atoms with Crippen LogP contribution in [0.25, 0.3) is 0 Å². The van der Waals surface area contributed by atoms with E-state index in [1.807, 2.05) is 12.1 Å². The predicted molar refractivity (Wildman–Crippen MR) is 112 cm³/mol. The van der Waals surface area contributed by atoms with Crippen molar-refractivity contribution in [2.75, 3.05) is 13.1 Å². The number of urea groups is 1. The van der Waals surface area contributed by atoms with Gasteiger partial charge in [0, 0.05) is 32.4 Å². The number of amides is 3. The summed E-state index contributed by atoms with van der Waals surface area (Å²) in [4.78, 5) is 28.4. The first kappa shape index (κ1) is 20.2. The zero-order chi connectivity index (χ0) is 20.3. The van der Waals surface area contributed by atoms with E-state index < -0.39 is 0 Å². The number of hydrogen-bond donors (Lipinski definition) is 2. The lowest BCUT2D eigenvalue weighted by Gasteiger charge is -2.57. The van der Waals surface area contributed by atoms with Crippen LogP contribution in [0.1, 0.15) is 63.9 Å². The smallest absolute Gasteiger partial charge is 0.336 e. The van der Waals surface area contributed by atoms with Gasteiger partial charge in [-0.3, -0.25) is 15.2 Å². The minimum atomic E-state index is -0.195. The first-order valence-electron chi connectivity index (χ1n) is 11.2. The fraction of sp³-hybridized carbons (Fsp3) is 0.696. The first-order chi connectivity index (χ1) is 14.0. The van der Waals surface area contributed by atoms with Gasteiger partial charge in [-0.25, -0.2) is 9.80 Å². The van der Waals surface area contributed by atoms with Crippen LogP contribution >= 0.6 is 0 Å². The highest BCUT2D eigenvalue weighted by atomic mass is 16.2. The highest BCUT2D eigenvalue weighted by molar-refractivity contribution is 5.79. The molecule has 0 aromatic carbocycles. The lowest BCUT2D eigenvalue weighted by molar-refractivity contribution is -0.123. The average Bonchev–Trinajstić information content (AvgIpc) is 2.68. The minimum absolute atomic E-state index is 0.192. The van der Waals surface area contributed by atoms with Crippen molar-refractivity contribution in [1.82, 2.24) is 20.7 Å². The number of hydrogen-bond acceptors (Lipinski definition) is 3. The van der Waals surface area contributed by atoms with Crippen molar-refractivity contribution in [1.29, 1.82) is 0 Å². The normalized spacial score (nSPS) is 29.5. The average molecular weight is 399 g/mol. The first-order valence-corrected chi connectivity index (χ1v) is 11.2. The number of nitrogens with zero attached hydrogens (tertiary/aromatic N) is 2. The second-order valence-electron chi connectivity index (χ2n) is 9.68. The van der Waals surface area contributed by atoms with Gasteiger partial charge in [0.05, 0.1) is 0 Å². The maximum Gasteiger partial charge on any atom is 0.336 e. The molecule has 0 radical (unpaired) electrons. The Hall–Kier alpha value is -2.11. The number of rotatable bonds is 7. The van der Waals surface area contributed by atoms with Crippen molar-refractivity contribution in [3.8, 4) is 0 Å². The largest absolute Gasteiger partial charge is 0.337 e. The van der Waals surface area contributed by atoms with Gasteiger partial charge >= 0.3 is 6.03 Å². The van der Waals surface area contributed by atoms with Crippen molar-refractivity contribution >= 4 is 11.9 Å². The minimum Gasteiger partial charge on any atom is -0.337 e. The van der Waals surface area contributed by atoms with Gasteiger partial charge in [0.15, 0.2) is 0 Å². The third kappa shape index (κ3) is 5.09. The van der Waals surface area contributed by atoms with Crippen molar-refractivity contribution in [2.45, 2.75) is 64.7 Å². The summed E-state index contributed by atoms with van der Waals surface area (Å²) in [6.45, 7) is 2.66. The molecule has 4 bridgehead atoms. The van der Waals surface area contributed by atoms with Crippen LogP contribution in [0.15, 0.2) is 24.5 Å². The molecule has 4 aliphatic rings. The summed E-state index contributed by atoms with van der Waals surface area (Å²) in [6.07, 6.45) is 14.6. The molecule has 0 atom stereocenters. The molecule has 5 rings (SSSR count). The van der Waals surface area contributed by atoms with E-state index in [-0.39, 0.29) is 11.9 Å². The fourth-order valence-electron chi connectivity index (χ4n) is 6.48. The zero-order valence-electron chi connectivity index (χ0n) is 17.5. The molecule has 2 N–H and O–H groups in total. The van der Waals surface area contributed by atoms with Gasteiger partial charge in [-0.1, -0.05) is 0 Å². The lowest BCUT2D eigenvalue weighted by Crippen LogP contribution is -2.53. The molecule has 4 aliphatic carbocycles. The quantitative estimate of drug-likeness (QED) is 0.543. The van der Waals surface area contributed by atoms with Gasteiger partial charge in [0.25, 0.3) is 0 Å². The standard InChI is InChI=1S/C23H34N4O2/c1-17(28)26-27(22(29)25-7-2-3-18-4-8-24-9-5-18)10-6-23-14-19-11-20(15-23)13-21(12-19)16-23/h4-5,8-9,19-21H,2-3,6-7,10-16H2,1H3,(H,25,29)(H,26,28). The molecule has 4 saturated carbocycles. The van der Waals surface area contributed by atoms with Crippen LogP contribution in [-0.4, -0.2) is 35.0 Å². The zero-order valence-corrected chi connectivity index (χ0v) is 17.5. The van der Waals surface area contributed by atoms with Crippen LogP contribution in [0.2, 0.25) is 0 Å². The number of aryl methyl sites for hydroxylation is 1. The fourth-order valence-corrected chi connectivity index (χ4v) is 6.48.